The topological polar surface area (TPSA) is 61.4 Å². The van der Waals surface area contributed by atoms with E-state index >= 15 is 0 Å². The summed E-state index contributed by atoms with van der Waals surface area (Å²) in [6, 6.07) is 3.75. The van der Waals surface area contributed by atoms with Crippen molar-refractivity contribution in [1.29, 1.82) is 0 Å². The Morgan fingerprint density at radius 3 is 2.62 bits per heavy atom. The number of halogens is 3. The van der Waals surface area contributed by atoms with Gasteiger partial charge in [0.05, 0.1) is 11.3 Å². The van der Waals surface area contributed by atoms with E-state index in [1.165, 1.54) is 30.0 Å². The summed E-state index contributed by atoms with van der Waals surface area (Å²) < 4.78 is 38.4. The number of nitrogens with one attached hydrogen (secondary N) is 2. The Balaban J connectivity index is 2.75. The van der Waals surface area contributed by atoms with Gasteiger partial charge >= 0.3 is 12.2 Å². The van der Waals surface area contributed by atoms with Gasteiger partial charge in [0.2, 0.25) is 0 Å². The first-order chi connectivity index (χ1) is 9.88. The predicted octanol–water partition coefficient (Wildman–Crippen LogP) is 2.94. The molecule has 1 rings (SSSR count). The number of amides is 2. The Kier molecular flexibility index (Phi) is 6.83. The highest BCUT2D eigenvalue weighted by molar-refractivity contribution is 7.98. The Hall–Kier alpha value is -1.41. The van der Waals surface area contributed by atoms with Crippen LogP contribution in [0.1, 0.15) is 12.0 Å². The van der Waals surface area contributed by atoms with Crippen LogP contribution in [0.4, 0.5) is 23.7 Å². The normalized spacial score (nSPS) is 12.8. The first-order valence-corrected chi connectivity index (χ1v) is 7.61. The largest absolute Gasteiger partial charge is 0.418 e. The zero-order valence-corrected chi connectivity index (χ0v) is 12.2. The number of anilines is 1. The molecule has 2 amide bonds. The van der Waals surface area contributed by atoms with Gasteiger partial charge in [-0.2, -0.15) is 24.9 Å². The highest BCUT2D eigenvalue weighted by Gasteiger charge is 2.33. The number of aliphatic hydroxyl groups excluding tert-OH is 1. The molecule has 118 valence electrons. The quantitative estimate of drug-likeness (QED) is 0.754. The van der Waals surface area contributed by atoms with E-state index in [0.29, 0.717) is 12.2 Å². The molecule has 3 N–H and O–H groups in total. The van der Waals surface area contributed by atoms with Gasteiger partial charge in [-0.15, -0.1) is 0 Å². The molecule has 0 aliphatic heterocycles. The highest BCUT2D eigenvalue weighted by atomic mass is 32.2. The number of hydrogen-bond acceptors (Lipinski definition) is 3. The third-order valence-electron chi connectivity index (χ3n) is 2.66. The van der Waals surface area contributed by atoms with Crippen molar-refractivity contribution in [1.82, 2.24) is 5.32 Å². The molecule has 0 fully saturated rings. The maximum absolute atomic E-state index is 12.8. The molecule has 0 aliphatic carbocycles. The average Bonchev–Trinajstić information content (AvgIpc) is 2.38. The molecule has 1 unspecified atom stereocenters. The Morgan fingerprint density at radius 2 is 2.05 bits per heavy atom. The van der Waals surface area contributed by atoms with Crippen molar-refractivity contribution in [3.63, 3.8) is 0 Å². The second-order valence-corrected chi connectivity index (χ2v) is 5.22. The number of carbonyl (C=O) groups excluding carboxylic acids is 1. The van der Waals surface area contributed by atoms with Crippen LogP contribution in [0.2, 0.25) is 0 Å². The number of thioether (sulfide) groups is 1. The molecule has 0 bridgehead atoms. The van der Waals surface area contributed by atoms with Crippen LogP contribution in [0.15, 0.2) is 24.3 Å². The smallest absolute Gasteiger partial charge is 0.396 e. The van der Waals surface area contributed by atoms with Crippen molar-refractivity contribution in [2.45, 2.75) is 18.6 Å². The molecule has 4 nitrogen and oxygen atoms in total. The summed E-state index contributed by atoms with van der Waals surface area (Å²) in [5, 5.41) is 13.6. The summed E-state index contributed by atoms with van der Waals surface area (Å²) in [7, 11) is 0. The standard InChI is InChI=1S/C13H17F3N2O2S/c1-21-8-9(6-7-19)17-12(20)18-11-5-3-2-4-10(11)13(14,15)16/h2-5,9,19H,6-8H2,1H3,(H2,17,18,20). The van der Waals surface area contributed by atoms with Gasteiger partial charge in [0.15, 0.2) is 0 Å². The van der Waals surface area contributed by atoms with Crippen LogP contribution >= 0.6 is 11.8 Å². The van der Waals surface area contributed by atoms with Crippen LogP contribution in [0.5, 0.6) is 0 Å². The minimum Gasteiger partial charge on any atom is -0.396 e. The van der Waals surface area contributed by atoms with Gasteiger partial charge in [-0.3, -0.25) is 0 Å². The van der Waals surface area contributed by atoms with Crippen LogP contribution in [-0.4, -0.2) is 35.8 Å². The lowest BCUT2D eigenvalue weighted by molar-refractivity contribution is -0.136. The second-order valence-electron chi connectivity index (χ2n) is 4.31. The van der Waals surface area contributed by atoms with Crippen molar-refractivity contribution >= 4 is 23.5 Å². The minimum atomic E-state index is -4.53. The first kappa shape index (κ1) is 17.6. The zero-order chi connectivity index (χ0) is 15.9. The number of alkyl halides is 3. The number of urea groups is 1. The van der Waals surface area contributed by atoms with Crippen molar-refractivity contribution in [3.8, 4) is 0 Å². The van der Waals surface area contributed by atoms with E-state index in [0.717, 1.165) is 6.07 Å². The van der Waals surface area contributed by atoms with Crippen LogP contribution < -0.4 is 10.6 Å². The fraction of sp³-hybridized carbons (Fsp3) is 0.462. The summed E-state index contributed by atoms with van der Waals surface area (Å²) in [6.45, 7) is -0.107. The monoisotopic (exact) mass is 322 g/mol. The van der Waals surface area contributed by atoms with E-state index in [9.17, 15) is 18.0 Å². The maximum Gasteiger partial charge on any atom is 0.418 e. The molecule has 0 aliphatic rings. The van der Waals surface area contributed by atoms with E-state index in [1.807, 2.05) is 6.26 Å². The number of para-hydroxylation sites is 1. The highest BCUT2D eigenvalue weighted by Crippen LogP contribution is 2.34. The van der Waals surface area contributed by atoms with Crippen LogP contribution in [-0.2, 0) is 6.18 Å². The zero-order valence-electron chi connectivity index (χ0n) is 11.4. The van der Waals surface area contributed by atoms with E-state index in [1.54, 1.807) is 0 Å². The van der Waals surface area contributed by atoms with Gasteiger partial charge in [0.25, 0.3) is 0 Å². The maximum atomic E-state index is 12.8. The van der Waals surface area contributed by atoms with Gasteiger partial charge in [-0.05, 0) is 24.8 Å². The van der Waals surface area contributed by atoms with Gasteiger partial charge in [0, 0.05) is 18.4 Å². The molecular weight excluding hydrogens is 305 g/mol. The van der Waals surface area contributed by atoms with E-state index < -0.39 is 17.8 Å². The summed E-state index contributed by atoms with van der Waals surface area (Å²) in [5.74, 6) is 0.564. The average molecular weight is 322 g/mol. The van der Waals surface area contributed by atoms with Gasteiger partial charge in [-0.25, -0.2) is 4.79 Å². The number of rotatable bonds is 6. The van der Waals surface area contributed by atoms with Crippen molar-refractivity contribution in [3.05, 3.63) is 29.8 Å². The molecule has 0 saturated heterocycles. The molecule has 8 heteroatoms. The summed E-state index contributed by atoms with van der Waals surface area (Å²) in [6.07, 6.45) is -2.36. The minimum absolute atomic E-state index is 0.107. The van der Waals surface area contributed by atoms with Crippen molar-refractivity contribution in [2.75, 3.05) is 23.9 Å². The first-order valence-electron chi connectivity index (χ1n) is 6.22. The molecule has 1 aromatic rings. The SMILES string of the molecule is CSCC(CCO)NC(=O)Nc1ccccc1C(F)(F)F. The predicted molar refractivity (Wildman–Crippen MR) is 77.5 cm³/mol. The molecular formula is C13H17F3N2O2S. The van der Waals surface area contributed by atoms with E-state index in [4.69, 9.17) is 5.11 Å². The Morgan fingerprint density at radius 1 is 1.38 bits per heavy atom. The molecule has 1 aromatic carbocycles. The summed E-state index contributed by atoms with van der Waals surface area (Å²) >= 11 is 1.47. The Labute approximate surface area is 125 Å². The third kappa shape index (κ3) is 5.84. The fourth-order valence-corrected chi connectivity index (χ4v) is 2.39. The van der Waals surface area contributed by atoms with Crippen LogP contribution in [0.3, 0.4) is 0 Å². The number of hydrogen-bond donors (Lipinski definition) is 3. The molecule has 0 aromatic heterocycles. The van der Waals surface area contributed by atoms with Crippen molar-refractivity contribution in [2.24, 2.45) is 0 Å². The summed E-state index contributed by atoms with van der Waals surface area (Å²) in [5.41, 5.74) is -1.20. The second kappa shape index (κ2) is 8.14. The lowest BCUT2D eigenvalue weighted by atomic mass is 10.1. The third-order valence-corrected chi connectivity index (χ3v) is 3.40. The number of benzene rings is 1. The molecule has 0 radical (unpaired) electrons. The van der Waals surface area contributed by atoms with Crippen molar-refractivity contribution < 1.29 is 23.1 Å². The number of aliphatic hydroxyl groups is 1. The molecule has 1 atom stereocenters. The van der Waals surface area contributed by atoms with E-state index in [2.05, 4.69) is 10.6 Å². The molecule has 0 heterocycles. The van der Waals surface area contributed by atoms with Gasteiger partial charge < -0.3 is 15.7 Å². The lowest BCUT2D eigenvalue weighted by Gasteiger charge is -2.18. The molecule has 0 saturated carbocycles. The van der Waals surface area contributed by atoms with Gasteiger partial charge in [0.1, 0.15) is 0 Å². The van der Waals surface area contributed by atoms with Gasteiger partial charge in [-0.1, -0.05) is 12.1 Å². The van der Waals surface area contributed by atoms with Crippen LogP contribution in [0, 0.1) is 0 Å². The number of carbonyl (C=O) groups is 1. The molecule has 0 spiro atoms. The lowest BCUT2D eigenvalue weighted by Crippen LogP contribution is -2.40. The van der Waals surface area contributed by atoms with Crippen LogP contribution in [0.25, 0.3) is 0 Å². The fourth-order valence-electron chi connectivity index (χ4n) is 1.74. The Bertz CT molecular complexity index is 463. The summed E-state index contributed by atoms with van der Waals surface area (Å²) in [4.78, 5) is 11.8. The van der Waals surface area contributed by atoms with E-state index in [-0.39, 0.29) is 18.3 Å². The molecule has 21 heavy (non-hydrogen) atoms.